The van der Waals surface area contributed by atoms with Gasteiger partial charge in [-0.1, -0.05) is 334 Å². The molecule has 19 aromatic carbocycles. The monoisotopic (exact) mass is 1600 g/mol. The Morgan fingerprint density at radius 1 is 0.189 bits per heavy atom. The second-order valence-electron chi connectivity index (χ2n) is 28.1. The van der Waals surface area contributed by atoms with Crippen LogP contribution in [-0.2, 0) is 0 Å². The molecule has 5 heterocycles. The van der Waals surface area contributed by atoms with Gasteiger partial charge >= 0.3 is 0 Å². The molecule has 5 aromatic heterocycles. The summed E-state index contributed by atoms with van der Waals surface area (Å²) in [6, 6.07) is 118. The van der Waals surface area contributed by atoms with Crippen LogP contribution in [0.4, 0.5) is 0 Å². The van der Waals surface area contributed by atoms with Gasteiger partial charge in [-0.15, -0.1) is 0 Å². The van der Waals surface area contributed by atoms with E-state index in [4.69, 9.17) is 143 Å². The minimum atomic E-state index is 0.535. The summed E-state index contributed by atoms with van der Waals surface area (Å²) >= 11 is 0. The molecule has 0 N–H and O–H groups in total. The molecule has 24 rings (SSSR count). The van der Waals surface area contributed by atoms with Crippen LogP contribution in [0.25, 0.3) is 194 Å². The zero-order valence-electron chi connectivity index (χ0n) is 154. The minimum Gasteiger partial charge on any atom is -0.261 e. The van der Waals surface area contributed by atoms with Crippen molar-refractivity contribution in [1.82, 2.24) is 29.9 Å². The molecule has 0 aliphatic heterocycles. The first-order chi connectivity index (χ1) is 101. The molecule has 0 spiro atoms. The zero-order valence-corrected chi connectivity index (χ0v) is 61.3. The van der Waals surface area contributed by atoms with Crippen LogP contribution in [0.5, 0.6) is 0 Å². The lowest BCUT2D eigenvalue weighted by molar-refractivity contribution is 1.10. The van der Waals surface area contributed by atoms with Crippen LogP contribution in [0.3, 0.4) is 0 Å². The number of hydrogen-bond acceptors (Lipinski definition) is 6. The average Bonchev–Trinajstić information content (AvgIpc) is 0.766. The maximum atomic E-state index is 7.86. The van der Waals surface area contributed by atoms with Gasteiger partial charge in [0.1, 0.15) is 5.82 Å². The van der Waals surface area contributed by atoms with Gasteiger partial charge in [-0.25, -0.2) is 9.97 Å². The SMILES string of the molecule is Cc1cc2c3ccccc3c3ccccc3c2cn1.Cc1ccc2c3ccccc3c3ccccc3c2n1.Cc1ncc2c3ccccc3c3ccccc3c2n1.[2H][2H].[2H][2H].[2H][2H].[2H][2H].[2H][2H].[2H][2H].[2H][2H].[2H][2H].[2H][2H].[2H][2H].[2H][2H].[2H][2H].[2H][2H].[2H][2H].[2H][2H].[2H][2H].[2H][2H].[2H][2H].[2H][2H].[2H][2H].[2H][2H].[2H][2H].[2H][2H].[2H][2H].[2H][2H].[2H][2H].[2H][2H].[2H][2H].[2H][2H].[2H][2H].[2H][2H].[2H][2H].[2H][2H].[2H][2H].[2H][2H].[2H][2H].[2H][2H].[2H][2H].[2H][2H].[2H][2H].[2H][2H].[2H][2H].[2H][2H].[2H][2H].[2H][2H].[2H]c1ccc2c(c1)c1ccccc1c1cccnc12.[2H]c1ccc2c3ccccc3c3ccccc3c2c1.[2H]c1ccc2c3ccccc3c3ncccc3c2c1. The van der Waals surface area contributed by atoms with Crippen molar-refractivity contribution in [2.45, 2.75) is 20.8 Å². The molecule has 0 unspecified atom stereocenters. The van der Waals surface area contributed by atoms with Crippen LogP contribution in [0.2, 0.25) is 0 Å². The molecule has 24 aromatic rings. The Balaban J connectivity index is -0.0000000663. The van der Waals surface area contributed by atoms with E-state index in [1.165, 1.54) is 145 Å². The van der Waals surface area contributed by atoms with E-state index in [1.54, 1.807) is 0 Å². The standard InChI is InChI=1S/2C18H13N.C18H12.C17H12N2.2C17H11N.45H2/c1-12-10-17-15-8-4-2-6-13(15)14-7-3-5-9-16(14)18(17)11-19-12;1-12-10-11-17-15-8-3-2-6-13(15)14-7-4-5-9-16(14)18(17)19-12;1-2-8-14-13(7-1)15-9-3-4-11-17(15)18-12-6-5-10-16(14)18;1-11-18-10-16-14-8-3-2-6-12(14)13-7-4-5-9-15(13)17(16)19-11;2*1-2-7-14-12(6-1)13-8-3-4-9-15(13)17-16(14)10-5-11-18-17;;;;;;;;;;;;;;;;;;;;;;;;;;;;;;;;;;;;;;;;;;;;;/h2*2-11H,1H3;1-12H;2-10H,1H3;2*1-11H;45*1H/i;;1D;;3D;2D;45*1+1D. The highest BCUT2D eigenvalue weighted by molar-refractivity contribution is 6.30. The lowest BCUT2D eigenvalue weighted by atomic mass is 9.95. The Kier molecular flexibility index (Phi) is 8.72. The summed E-state index contributed by atoms with van der Waals surface area (Å²) in [6.45, 7) is 6.02. The lowest BCUT2D eigenvalue weighted by Gasteiger charge is -2.10. The van der Waals surface area contributed by atoms with Gasteiger partial charge in [0.25, 0.3) is 0 Å². The van der Waals surface area contributed by atoms with Gasteiger partial charge in [0.05, 0.1) is 26.2 Å². The van der Waals surface area contributed by atoms with Gasteiger partial charge < -0.3 is 0 Å². The predicted molar refractivity (Wildman–Crippen MR) is 570 cm³/mol. The molecule has 0 saturated carbocycles. The first-order valence-electron chi connectivity index (χ1n) is 84.0. The van der Waals surface area contributed by atoms with Crippen molar-refractivity contribution in [3.63, 3.8) is 0 Å². The van der Waals surface area contributed by atoms with Crippen LogP contribution >= 0.6 is 0 Å². The smallest absolute Gasteiger partial charge is 0.125 e. The summed E-state index contributed by atoms with van der Waals surface area (Å²) < 4.78 is 474. The van der Waals surface area contributed by atoms with Gasteiger partial charge in [0.15, 0.2) is 0 Å². The first kappa shape index (κ1) is 33.4. The Morgan fingerprint density at radius 2 is 0.423 bits per heavy atom. The fraction of sp³-hybridized carbons (Fsp3) is 0.0286. The topological polar surface area (TPSA) is 77.3 Å². The minimum absolute atomic E-state index is 0.535. The molecular weight excluding hydrogens is 1350 g/mol. The highest BCUT2D eigenvalue weighted by atomic mass is 14.9. The Bertz CT molecular complexity index is 6740. The molecular formula is C105H162N6. The predicted octanol–water partition coefficient (Wildman–Crippen LogP) is 39.2. The van der Waals surface area contributed by atoms with E-state index in [2.05, 4.69) is 280 Å². The van der Waals surface area contributed by atoms with E-state index < -0.39 is 0 Å². The molecule has 0 bridgehead atoms. The third-order valence-corrected chi connectivity index (χ3v) is 21.5. The van der Waals surface area contributed by atoms with E-state index in [0.717, 1.165) is 66.2 Å². The van der Waals surface area contributed by atoms with Crippen molar-refractivity contribution >= 4 is 194 Å². The fourth-order valence-corrected chi connectivity index (χ4v) is 16.6. The fourth-order valence-electron chi connectivity index (χ4n) is 16.6. The summed E-state index contributed by atoms with van der Waals surface area (Å²) in [6.07, 6.45) is 7.59. The van der Waals surface area contributed by atoms with Gasteiger partial charge in [-0.05, 0) is 169 Å². The number of pyridine rings is 4. The highest BCUT2D eigenvalue weighted by Crippen LogP contribution is 2.41. The number of aryl methyl sites for hydroxylation is 3. The maximum Gasteiger partial charge on any atom is 0.125 e. The van der Waals surface area contributed by atoms with Crippen molar-refractivity contribution in [3.05, 3.63) is 400 Å². The largest absolute Gasteiger partial charge is 0.261 e. The Labute approximate surface area is 784 Å². The lowest BCUT2D eigenvalue weighted by Crippen LogP contribution is -1.90. The number of hydrogen-bond donors (Lipinski definition) is 0. The molecule has 0 amide bonds. The van der Waals surface area contributed by atoms with E-state index in [-0.39, 0.29) is 0 Å². The molecule has 6 nitrogen and oxygen atoms in total. The molecule has 0 radical (unpaired) electrons. The third kappa shape index (κ3) is 12.2. The number of benzene rings is 19. The van der Waals surface area contributed by atoms with E-state index in [1.807, 2.05) is 130 Å². The van der Waals surface area contributed by atoms with Crippen LogP contribution < -0.4 is 0 Å². The van der Waals surface area contributed by atoms with Crippen molar-refractivity contribution in [3.8, 4) is 0 Å². The third-order valence-electron chi connectivity index (χ3n) is 21.5. The second-order valence-corrected chi connectivity index (χ2v) is 28.1. The van der Waals surface area contributed by atoms with E-state index >= 15 is 0 Å². The highest BCUT2D eigenvalue weighted by Gasteiger charge is 2.15. The number of fused-ring (bicyclic) bond motifs is 36. The summed E-state index contributed by atoms with van der Waals surface area (Å²) in [4.78, 5) is 27.3. The van der Waals surface area contributed by atoms with E-state index in [9.17, 15) is 0 Å². The van der Waals surface area contributed by atoms with Gasteiger partial charge in [0, 0.05) is 218 Å². The van der Waals surface area contributed by atoms with Crippen LogP contribution in [0.1, 0.15) is 155 Å². The molecule has 0 fully saturated rings. The normalized spacial score (nSPS) is 15.0. The summed E-state index contributed by atoms with van der Waals surface area (Å²) in [5.74, 6) is 0.813. The van der Waals surface area contributed by atoms with E-state index in [0.29, 0.717) is 18.1 Å². The molecule has 6 heteroatoms. The summed E-state index contributed by atoms with van der Waals surface area (Å²) in [5.41, 5.74) is 6.30. The van der Waals surface area contributed by atoms with Crippen molar-refractivity contribution in [2.75, 3.05) is 0 Å². The first-order valence-corrected chi connectivity index (χ1v) is 37.5. The van der Waals surface area contributed by atoms with Crippen molar-refractivity contribution in [2.24, 2.45) is 0 Å². The van der Waals surface area contributed by atoms with Crippen LogP contribution in [0, 0.1) is 20.8 Å². The molecule has 612 valence electrons. The second kappa shape index (κ2) is 29.0. The van der Waals surface area contributed by atoms with Crippen molar-refractivity contribution in [1.29, 1.82) is 0 Å². The number of aromatic nitrogens is 6. The van der Waals surface area contributed by atoms with Crippen molar-refractivity contribution < 1.29 is 138 Å². The molecule has 0 aliphatic carbocycles. The summed E-state index contributed by atoms with van der Waals surface area (Å²) in [7, 11) is 0. The van der Waals surface area contributed by atoms with Crippen LogP contribution in [0.15, 0.2) is 383 Å². The number of rotatable bonds is 0. The molecule has 0 aliphatic rings. The molecule has 111 heavy (non-hydrogen) atoms. The average molecular weight is 1600 g/mol. The summed E-state index contributed by atoms with van der Waals surface area (Å²) in [5, 5.41) is 39.1. The van der Waals surface area contributed by atoms with Gasteiger partial charge in [-0.2, -0.15) is 0 Å². The Hall–Kier alpha value is -14.5. The molecule has 0 atom stereocenters. The zero-order chi connectivity index (χ0) is 167. The Morgan fingerprint density at radius 3 is 0.784 bits per heavy atom. The quantitative estimate of drug-likeness (QED) is 0.141. The maximum absolute atomic E-state index is 7.86. The van der Waals surface area contributed by atoms with Gasteiger partial charge in [-0.3, -0.25) is 19.9 Å². The van der Waals surface area contributed by atoms with Gasteiger partial charge in [0.2, 0.25) is 0 Å². The molecule has 0 saturated heterocycles. The van der Waals surface area contributed by atoms with Crippen LogP contribution in [-0.4, -0.2) is 29.9 Å². The number of nitrogens with zero attached hydrogens (tertiary/aromatic N) is 6.